The molecule has 1 aliphatic heterocycles. The van der Waals surface area contributed by atoms with Gasteiger partial charge in [0.15, 0.2) is 0 Å². The monoisotopic (exact) mass is 302 g/mol. The molecule has 1 aromatic heterocycles. The van der Waals surface area contributed by atoms with E-state index in [0.29, 0.717) is 6.54 Å². The lowest BCUT2D eigenvalue weighted by molar-refractivity contribution is -0.137. The molecular weight excluding hydrogens is 280 g/mol. The number of carbonyl (C=O) groups is 2. The Morgan fingerprint density at radius 1 is 1.32 bits per heavy atom. The molecule has 118 valence electrons. The second-order valence-corrected chi connectivity index (χ2v) is 6.18. The van der Waals surface area contributed by atoms with Gasteiger partial charge < -0.3 is 10.6 Å². The predicted octanol–water partition coefficient (Wildman–Crippen LogP) is 1.57. The Balaban J connectivity index is 1.66. The number of carbonyl (C=O) groups excluding carboxylic acids is 2. The largest absolute Gasteiger partial charge is 0.364 e. The van der Waals surface area contributed by atoms with Crippen molar-refractivity contribution in [3.05, 3.63) is 29.6 Å². The minimum Gasteiger partial charge on any atom is -0.364 e. The third-order valence-corrected chi connectivity index (χ3v) is 4.64. The molecule has 0 saturated carbocycles. The van der Waals surface area contributed by atoms with Crippen molar-refractivity contribution in [2.45, 2.75) is 38.0 Å². The molecule has 3 N–H and O–H groups in total. The van der Waals surface area contributed by atoms with E-state index in [2.05, 4.69) is 22.3 Å². The maximum atomic E-state index is 12.6. The number of hydrogen-bond acceptors (Lipinski definition) is 3. The summed E-state index contributed by atoms with van der Waals surface area (Å²) in [5.41, 5.74) is 6.40. The van der Waals surface area contributed by atoms with Crippen LogP contribution in [-0.4, -0.2) is 40.0 Å². The third-order valence-electron chi connectivity index (χ3n) is 4.64. The maximum absolute atomic E-state index is 12.6. The number of H-pyrrole nitrogens is 1. The smallest absolute Gasteiger partial charge is 0.269 e. The lowest BCUT2D eigenvalue weighted by Gasteiger charge is -2.35. The quantitative estimate of drug-likeness (QED) is 0.830. The second-order valence-electron chi connectivity index (χ2n) is 6.18. The molecule has 2 heterocycles. The Kier molecular flexibility index (Phi) is 4.27. The maximum Gasteiger partial charge on any atom is 0.269 e. The molecule has 2 atom stereocenters. The number of nitrogens with two attached hydrogens (primary N) is 1. The van der Waals surface area contributed by atoms with E-state index in [-0.39, 0.29) is 23.4 Å². The summed E-state index contributed by atoms with van der Waals surface area (Å²) in [4.78, 5) is 25.8. The molecule has 22 heavy (non-hydrogen) atoms. The molecule has 2 aliphatic rings. The molecule has 0 aromatic carbocycles. The number of aromatic nitrogens is 2. The Morgan fingerprint density at radius 3 is 2.86 bits per heavy atom. The summed E-state index contributed by atoms with van der Waals surface area (Å²) in [7, 11) is 0. The fourth-order valence-corrected chi connectivity index (χ4v) is 3.38. The molecule has 1 aliphatic carbocycles. The SMILES string of the molecule is NC(=O)c1cc([C@@H]2CCCN(C(=O)[C@H]3CC=CCC3)C2)[nH]n1. The highest BCUT2D eigenvalue weighted by Gasteiger charge is 2.30. The molecule has 1 saturated heterocycles. The molecule has 1 fully saturated rings. The summed E-state index contributed by atoms with van der Waals surface area (Å²) in [6.07, 6.45) is 9.04. The molecule has 0 bridgehead atoms. The first-order valence-corrected chi connectivity index (χ1v) is 7.94. The first kappa shape index (κ1) is 14.8. The Labute approximate surface area is 129 Å². The molecule has 0 unspecified atom stereocenters. The van der Waals surface area contributed by atoms with E-state index in [4.69, 9.17) is 5.73 Å². The van der Waals surface area contributed by atoms with E-state index in [1.165, 1.54) is 0 Å². The van der Waals surface area contributed by atoms with Crippen molar-refractivity contribution in [1.29, 1.82) is 0 Å². The minimum absolute atomic E-state index is 0.131. The van der Waals surface area contributed by atoms with E-state index in [1.54, 1.807) is 6.07 Å². The molecule has 3 rings (SSSR count). The van der Waals surface area contributed by atoms with Crippen LogP contribution in [0.25, 0.3) is 0 Å². The Bertz CT molecular complexity index is 593. The second kappa shape index (κ2) is 6.34. The van der Waals surface area contributed by atoms with Gasteiger partial charge in [-0.1, -0.05) is 12.2 Å². The first-order valence-electron chi connectivity index (χ1n) is 7.94. The molecule has 0 radical (unpaired) electrons. The van der Waals surface area contributed by atoms with Gasteiger partial charge in [0.25, 0.3) is 5.91 Å². The number of aromatic amines is 1. The van der Waals surface area contributed by atoms with Crippen LogP contribution in [0.4, 0.5) is 0 Å². The van der Waals surface area contributed by atoms with Gasteiger partial charge >= 0.3 is 0 Å². The minimum atomic E-state index is -0.528. The van der Waals surface area contributed by atoms with Crippen molar-refractivity contribution in [2.75, 3.05) is 13.1 Å². The molecule has 0 spiro atoms. The van der Waals surface area contributed by atoms with Gasteiger partial charge in [0.1, 0.15) is 5.69 Å². The van der Waals surface area contributed by atoms with Gasteiger partial charge in [-0.05, 0) is 38.2 Å². The van der Waals surface area contributed by atoms with Crippen LogP contribution in [0.2, 0.25) is 0 Å². The Morgan fingerprint density at radius 2 is 2.18 bits per heavy atom. The van der Waals surface area contributed by atoms with Crippen LogP contribution < -0.4 is 5.73 Å². The number of hydrogen-bond donors (Lipinski definition) is 2. The number of likely N-dealkylation sites (tertiary alicyclic amines) is 1. The number of primary amides is 1. The average Bonchev–Trinajstić information content (AvgIpc) is 3.05. The average molecular weight is 302 g/mol. The number of nitrogens with zero attached hydrogens (tertiary/aromatic N) is 2. The molecular formula is C16H22N4O2. The van der Waals surface area contributed by atoms with Crippen LogP contribution in [0.15, 0.2) is 18.2 Å². The van der Waals surface area contributed by atoms with Crippen LogP contribution in [0.1, 0.15) is 54.2 Å². The first-order chi connectivity index (χ1) is 10.6. The van der Waals surface area contributed by atoms with Gasteiger partial charge in [-0.2, -0.15) is 5.10 Å². The summed E-state index contributed by atoms with van der Waals surface area (Å²) >= 11 is 0. The van der Waals surface area contributed by atoms with Gasteiger partial charge in [-0.15, -0.1) is 0 Å². The molecule has 6 nitrogen and oxygen atoms in total. The summed E-state index contributed by atoms with van der Waals surface area (Å²) in [5, 5.41) is 6.83. The van der Waals surface area contributed by atoms with E-state index in [0.717, 1.165) is 44.3 Å². The fourth-order valence-electron chi connectivity index (χ4n) is 3.38. The van der Waals surface area contributed by atoms with Crippen molar-refractivity contribution in [2.24, 2.45) is 11.7 Å². The topological polar surface area (TPSA) is 92.1 Å². The summed E-state index contributed by atoms with van der Waals surface area (Å²) < 4.78 is 0. The standard InChI is InChI=1S/C16H22N4O2/c17-15(21)14-9-13(18-19-14)12-7-4-8-20(10-12)16(22)11-5-2-1-3-6-11/h1-2,9,11-12H,3-8,10H2,(H2,17,21)(H,18,19)/t11-,12+/m0/s1. The van der Waals surface area contributed by atoms with Crippen molar-refractivity contribution in [1.82, 2.24) is 15.1 Å². The van der Waals surface area contributed by atoms with Gasteiger partial charge in [0, 0.05) is 30.6 Å². The van der Waals surface area contributed by atoms with Gasteiger partial charge in [0.05, 0.1) is 0 Å². The molecule has 1 aromatic rings. The molecule has 2 amide bonds. The zero-order valence-electron chi connectivity index (χ0n) is 12.6. The zero-order chi connectivity index (χ0) is 15.5. The number of piperidine rings is 1. The number of rotatable bonds is 3. The summed E-state index contributed by atoms with van der Waals surface area (Å²) in [6.45, 7) is 1.52. The van der Waals surface area contributed by atoms with Crippen LogP contribution >= 0.6 is 0 Å². The zero-order valence-corrected chi connectivity index (χ0v) is 12.6. The van der Waals surface area contributed by atoms with Gasteiger partial charge in [-0.3, -0.25) is 14.7 Å². The van der Waals surface area contributed by atoms with Crippen molar-refractivity contribution in [3.63, 3.8) is 0 Å². The highest BCUT2D eigenvalue weighted by atomic mass is 16.2. The fraction of sp³-hybridized carbons (Fsp3) is 0.562. The van der Waals surface area contributed by atoms with Crippen LogP contribution in [0.5, 0.6) is 0 Å². The Hall–Kier alpha value is -2.11. The van der Waals surface area contributed by atoms with Gasteiger partial charge in [-0.25, -0.2) is 0 Å². The lowest BCUT2D eigenvalue weighted by atomic mass is 9.90. The van der Waals surface area contributed by atoms with Crippen molar-refractivity contribution < 1.29 is 9.59 Å². The highest BCUT2D eigenvalue weighted by Crippen LogP contribution is 2.29. The van der Waals surface area contributed by atoms with Crippen LogP contribution in [0, 0.1) is 5.92 Å². The van der Waals surface area contributed by atoms with E-state index >= 15 is 0 Å². The van der Waals surface area contributed by atoms with Gasteiger partial charge in [0.2, 0.25) is 5.91 Å². The van der Waals surface area contributed by atoms with Crippen LogP contribution in [-0.2, 0) is 4.79 Å². The predicted molar refractivity (Wildman–Crippen MR) is 82.1 cm³/mol. The third kappa shape index (κ3) is 3.05. The number of allylic oxidation sites excluding steroid dienone is 2. The number of nitrogens with one attached hydrogen (secondary N) is 1. The summed E-state index contributed by atoms with van der Waals surface area (Å²) in [5.74, 6) is 0.0769. The highest BCUT2D eigenvalue weighted by molar-refractivity contribution is 5.90. The normalized spacial score (nSPS) is 25.2. The summed E-state index contributed by atoms with van der Waals surface area (Å²) in [6, 6.07) is 1.71. The van der Waals surface area contributed by atoms with E-state index in [9.17, 15) is 9.59 Å². The van der Waals surface area contributed by atoms with Crippen molar-refractivity contribution in [3.8, 4) is 0 Å². The number of amides is 2. The van der Waals surface area contributed by atoms with E-state index in [1.807, 2.05) is 4.90 Å². The van der Waals surface area contributed by atoms with Crippen molar-refractivity contribution >= 4 is 11.8 Å². The van der Waals surface area contributed by atoms with E-state index < -0.39 is 5.91 Å². The lowest BCUT2D eigenvalue weighted by Crippen LogP contribution is -2.42. The van der Waals surface area contributed by atoms with Crippen LogP contribution in [0.3, 0.4) is 0 Å². The molecule has 6 heteroatoms.